The number of rotatable bonds is 13. The molecular formula is C25H34ClN3O2S. The summed E-state index contributed by atoms with van der Waals surface area (Å²) < 4.78 is 0. The molecule has 0 bridgehead atoms. The Morgan fingerprint density at radius 2 is 1.62 bits per heavy atom. The highest BCUT2D eigenvalue weighted by Crippen LogP contribution is 2.34. The molecule has 0 atom stereocenters. The molecule has 2 aromatic carbocycles. The number of carbonyl (C=O) groups excluding carboxylic acids is 2. The van der Waals surface area contributed by atoms with E-state index >= 15 is 0 Å². The number of unbranched alkanes of at least 4 members (excludes halogenated alkanes) is 2. The first-order chi connectivity index (χ1) is 15.4. The van der Waals surface area contributed by atoms with Crippen LogP contribution < -0.4 is 10.6 Å². The van der Waals surface area contributed by atoms with Crippen molar-refractivity contribution in [3.05, 3.63) is 53.1 Å². The van der Waals surface area contributed by atoms with Crippen molar-refractivity contribution in [3.8, 4) is 0 Å². The fourth-order valence-electron chi connectivity index (χ4n) is 3.21. The monoisotopic (exact) mass is 475 g/mol. The maximum absolute atomic E-state index is 12.7. The minimum absolute atomic E-state index is 0.134. The lowest BCUT2D eigenvalue weighted by atomic mass is 10.2. The second kappa shape index (κ2) is 14.2. The average Bonchev–Trinajstić information content (AvgIpc) is 2.77. The molecule has 0 aliphatic heterocycles. The standard InChI is InChI=1S/C25H34ClN3O2S/c1-4-6-15-29(16-7-5-2)17-14-27-25(31)20-8-13-24(23(18-20)28-19(3)30)32-22-11-9-21(26)10-12-22/h8-13,18H,4-7,14-17H2,1-3H3,(H,27,31)(H,28,30). The Hall–Kier alpha value is -2.02. The summed E-state index contributed by atoms with van der Waals surface area (Å²) in [6, 6.07) is 12.9. The summed E-state index contributed by atoms with van der Waals surface area (Å²) in [5, 5.41) is 6.54. The van der Waals surface area contributed by atoms with Crippen LogP contribution in [-0.4, -0.2) is 42.9 Å². The Balaban J connectivity index is 2.03. The summed E-state index contributed by atoms with van der Waals surface area (Å²) in [4.78, 5) is 28.7. The number of nitrogens with one attached hydrogen (secondary N) is 2. The van der Waals surface area contributed by atoms with Crippen molar-refractivity contribution in [2.45, 2.75) is 56.2 Å². The molecule has 0 aliphatic rings. The van der Waals surface area contributed by atoms with Crippen molar-refractivity contribution in [3.63, 3.8) is 0 Å². The van der Waals surface area contributed by atoms with E-state index in [1.807, 2.05) is 30.3 Å². The van der Waals surface area contributed by atoms with Gasteiger partial charge in [0, 0.05) is 40.4 Å². The molecule has 0 spiro atoms. The van der Waals surface area contributed by atoms with E-state index in [0.717, 1.165) is 29.4 Å². The maximum atomic E-state index is 12.7. The molecule has 5 nitrogen and oxygen atoms in total. The minimum atomic E-state index is -0.178. The van der Waals surface area contributed by atoms with Gasteiger partial charge in [-0.1, -0.05) is 50.1 Å². The van der Waals surface area contributed by atoms with E-state index in [4.69, 9.17) is 11.6 Å². The Morgan fingerprint density at radius 1 is 0.969 bits per heavy atom. The lowest BCUT2D eigenvalue weighted by molar-refractivity contribution is -0.114. The van der Waals surface area contributed by atoms with Gasteiger partial charge in [-0.15, -0.1) is 0 Å². The van der Waals surface area contributed by atoms with Gasteiger partial charge >= 0.3 is 0 Å². The molecule has 7 heteroatoms. The molecule has 0 heterocycles. The molecule has 0 saturated heterocycles. The summed E-state index contributed by atoms with van der Waals surface area (Å²) in [5.41, 5.74) is 1.15. The topological polar surface area (TPSA) is 61.4 Å². The summed E-state index contributed by atoms with van der Waals surface area (Å²) in [7, 11) is 0. The molecule has 0 aromatic heterocycles. The van der Waals surface area contributed by atoms with Crippen molar-refractivity contribution in [1.82, 2.24) is 10.2 Å². The predicted molar refractivity (Wildman–Crippen MR) is 135 cm³/mol. The zero-order chi connectivity index (χ0) is 23.3. The van der Waals surface area contributed by atoms with E-state index in [9.17, 15) is 9.59 Å². The number of anilines is 1. The fourth-order valence-corrected chi connectivity index (χ4v) is 4.21. The third-order valence-corrected chi connectivity index (χ3v) is 6.30. The number of carbonyl (C=O) groups is 2. The number of hydrogen-bond acceptors (Lipinski definition) is 4. The molecule has 2 N–H and O–H groups in total. The first-order valence-corrected chi connectivity index (χ1v) is 12.5. The van der Waals surface area contributed by atoms with E-state index in [-0.39, 0.29) is 11.8 Å². The molecule has 0 unspecified atom stereocenters. The van der Waals surface area contributed by atoms with Crippen molar-refractivity contribution >= 4 is 40.9 Å². The lowest BCUT2D eigenvalue weighted by Crippen LogP contribution is -2.36. The van der Waals surface area contributed by atoms with Crippen LogP contribution in [0.15, 0.2) is 52.3 Å². The molecule has 2 amide bonds. The molecule has 2 aromatic rings. The van der Waals surface area contributed by atoms with Crippen molar-refractivity contribution in [2.75, 3.05) is 31.5 Å². The first kappa shape index (κ1) is 26.2. The van der Waals surface area contributed by atoms with Crippen LogP contribution in [0.3, 0.4) is 0 Å². The summed E-state index contributed by atoms with van der Waals surface area (Å²) in [5.74, 6) is -0.311. The van der Waals surface area contributed by atoms with Crippen molar-refractivity contribution < 1.29 is 9.59 Å². The highest BCUT2D eigenvalue weighted by atomic mass is 35.5. The van der Waals surface area contributed by atoms with Crippen molar-refractivity contribution in [2.24, 2.45) is 0 Å². The zero-order valence-electron chi connectivity index (χ0n) is 19.2. The van der Waals surface area contributed by atoms with Crippen LogP contribution in [0.2, 0.25) is 5.02 Å². The molecule has 32 heavy (non-hydrogen) atoms. The number of hydrogen-bond donors (Lipinski definition) is 2. The van der Waals surface area contributed by atoms with Gasteiger partial charge in [-0.2, -0.15) is 0 Å². The van der Waals surface area contributed by atoms with E-state index in [0.29, 0.717) is 22.8 Å². The molecule has 0 aliphatic carbocycles. The Morgan fingerprint density at radius 3 is 2.22 bits per heavy atom. The third kappa shape index (κ3) is 9.23. The Kier molecular flexibility index (Phi) is 11.6. The predicted octanol–water partition coefficient (Wildman–Crippen LogP) is 6.08. The lowest BCUT2D eigenvalue weighted by Gasteiger charge is -2.22. The largest absolute Gasteiger partial charge is 0.351 e. The van der Waals surface area contributed by atoms with E-state index in [1.54, 1.807) is 12.1 Å². The first-order valence-electron chi connectivity index (χ1n) is 11.3. The molecule has 2 rings (SSSR count). The Bertz CT molecular complexity index is 866. The second-order valence-corrected chi connectivity index (χ2v) is 9.30. The summed E-state index contributed by atoms with van der Waals surface area (Å²) in [6.07, 6.45) is 4.68. The highest BCUT2D eigenvalue weighted by Gasteiger charge is 2.13. The number of benzene rings is 2. The van der Waals surface area contributed by atoms with Crippen LogP contribution in [0, 0.1) is 0 Å². The van der Waals surface area contributed by atoms with Gasteiger partial charge in [-0.25, -0.2) is 0 Å². The molecule has 0 radical (unpaired) electrons. The highest BCUT2D eigenvalue weighted by molar-refractivity contribution is 7.99. The molecule has 174 valence electrons. The van der Waals surface area contributed by atoms with Gasteiger partial charge in [-0.05, 0) is 68.4 Å². The molecule has 0 saturated carbocycles. The van der Waals surface area contributed by atoms with Crippen molar-refractivity contribution in [1.29, 1.82) is 0 Å². The number of amides is 2. The van der Waals surface area contributed by atoms with E-state index in [1.165, 1.54) is 44.4 Å². The zero-order valence-corrected chi connectivity index (χ0v) is 20.8. The summed E-state index contributed by atoms with van der Waals surface area (Å²) >= 11 is 7.48. The maximum Gasteiger partial charge on any atom is 0.251 e. The SMILES string of the molecule is CCCCN(CCCC)CCNC(=O)c1ccc(Sc2ccc(Cl)cc2)c(NC(C)=O)c1. The van der Waals surface area contributed by atoms with Gasteiger partial charge < -0.3 is 15.5 Å². The van der Waals surface area contributed by atoms with Gasteiger partial charge in [0.1, 0.15) is 0 Å². The van der Waals surface area contributed by atoms with Gasteiger partial charge in [0.25, 0.3) is 5.91 Å². The van der Waals surface area contributed by atoms with Crippen LogP contribution >= 0.6 is 23.4 Å². The van der Waals surface area contributed by atoms with Gasteiger partial charge in [-0.3, -0.25) is 9.59 Å². The smallest absolute Gasteiger partial charge is 0.251 e. The van der Waals surface area contributed by atoms with Crippen LogP contribution in [0.1, 0.15) is 56.8 Å². The number of nitrogens with zero attached hydrogens (tertiary/aromatic N) is 1. The molecule has 0 fully saturated rings. The van der Waals surface area contributed by atoms with Crippen LogP contribution in [0.25, 0.3) is 0 Å². The normalized spacial score (nSPS) is 10.9. The summed E-state index contributed by atoms with van der Waals surface area (Å²) in [6.45, 7) is 9.43. The van der Waals surface area contributed by atoms with Crippen LogP contribution in [-0.2, 0) is 4.79 Å². The second-order valence-electron chi connectivity index (χ2n) is 7.75. The third-order valence-electron chi connectivity index (χ3n) is 4.96. The van der Waals surface area contributed by atoms with Crippen LogP contribution in [0.5, 0.6) is 0 Å². The van der Waals surface area contributed by atoms with Gasteiger partial charge in [0.15, 0.2) is 0 Å². The van der Waals surface area contributed by atoms with E-state index < -0.39 is 0 Å². The van der Waals surface area contributed by atoms with Crippen LogP contribution in [0.4, 0.5) is 5.69 Å². The van der Waals surface area contributed by atoms with Gasteiger partial charge in [0.05, 0.1) is 5.69 Å². The minimum Gasteiger partial charge on any atom is -0.351 e. The van der Waals surface area contributed by atoms with Gasteiger partial charge in [0.2, 0.25) is 5.91 Å². The number of halogens is 1. The quantitative estimate of drug-likeness (QED) is 0.368. The van der Waals surface area contributed by atoms with E-state index in [2.05, 4.69) is 29.4 Å². The average molecular weight is 476 g/mol. The Labute approximate surface area is 201 Å². The fraction of sp³-hybridized carbons (Fsp3) is 0.440. The molecular weight excluding hydrogens is 442 g/mol.